The SMILES string of the molecule is O=C(O)c1ccc2nc(CN3CC=C(c4cnc(COc5ccc(Cl)cc5Cl)o4)C3)n(C[C@@H]3CCO3)c2c1. The Labute approximate surface area is 228 Å². The number of hydrogen-bond acceptors (Lipinski definition) is 7. The number of hydrogen-bond donors (Lipinski definition) is 1. The molecular formula is C27H24Cl2N4O5. The van der Waals surface area contributed by atoms with Crippen LogP contribution in [0.5, 0.6) is 5.75 Å². The Morgan fingerprint density at radius 2 is 2.08 bits per heavy atom. The van der Waals surface area contributed by atoms with Gasteiger partial charge in [0.15, 0.2) is 12.4 Å². The minimum Gasteiger partial charge on any atom is -0.482 e. The average molecular weight is 555 g/mol. The van der Waals surface area contributed by atoms with E-state index in [4.69, 9.17) is 42.1 Å². The predicted molar refractivity (Wildman–Crippen MR) is 142 cm³/mol. The maximum Gasteiger partial charge on any atom is 0.335 e. The normalized spacial score (nSPS) is 17.5. The fourth-order valence-corrected chi connectivity index (χ4v) is 5.09. The Balaban J connectivity index is 1.13. The molecule has 9 nitrogen and oxygen atoms in total. The van der Waals surface area contributed by atoms with Crippen LogP contribution in [-0.2, 0) is 24.4 Å². The number of carbonyl (C=O) groups is 1. The predicted octanol–water partition coefficient (Wildman–Crippen LogP) is 5.30. The maximum atomic E-state index is 11.5. The quantitative estimate of drug-likeness (QED) is 0.297. The number of aromatic carboxylic acids is 1. The van der Waals surface area contributed by atoms with Gasteiger partial charge in [0.2, 0.25) is 5.89 Å². The second-order valence-electron chi connectivity index (χ2n) is 9.31. The molecule has 2 aromatic heterocycles. The number of halogens is 2. The third kappa shape index (κ3) is 5.15. The van der Waals surface area contributed by atoms with E-state index < -0.39 is 5.97 Å². The van der Waals surface area contributed by atoms with Gasteiger partial charge in [-0.3, -0.25) is 4.90 Å². The number of ether oxygens (including phenoxy) is 2. The van der Waals surface area contributed by atoms with Gasteiger partial charge in [-0.25, -0.2) is 14.8 Å². The zero-order valence-electron chi connectivity index (χ0n) is 20.3. The Hall–Kier alpha value is -3.37. The molecule has 1 atom stereocenters. The number of benzene rings is 2. The molecule has 1 fully saturated rings. The summed E-state index contributed by atoms with van der Waals surface area (Å²) in [7, 11) is 0. The lowest BCUT2D eigenvalue weighted by Crippen LogP contribution is -2.32. The molecule has 0 unspecified atom stereocenters. The Morgan fingerprint density at radius 3 is 2.84 bits per heavy atom. The number of carboxylic acid groups (broad SMARTS) is 1. The van der Waals surface area contributed by atoms with Gasteiger partial charge in [0.05, 0.1) is 47.0 Å². The number of rotatable bonds is 9. The molecule has 2 aliphatic rings. The van der Waals surface area contributed by atoms with E-state index in [1.54, 1.807) is 42.6 Å². The lowest BCUT2D eigenvalue weighted by atomic mass is 10.1. The third-order valence-electron chi connectivity index (χ3n) is 6.72. The molecular weight excluding hydrogens is 531 g/mol. The van der Waals surface area contributed by atoms with E-state index in [-0.39, 0.29) is 18.3 Å². The van der Waals surface area contributed by atoms with Gasteiger partial charge in [-0.15, -0.1) is 0 Å². The van der Waals surface area contributed by atoms with Crippen molar-refractivity contribution in [2.24, 2.45) is 0 Å². The van der Waals surface area contributed by atoms with Crippen molar-refractivity contribution >= 4 is 45.8 Å². The summed E-state index contributed by atoms with van der Waals surface area (Å²) >= 11 is 12.1. The van der Waals surface area contributed by atoms with Gasteiger partial charge < -0.3 is 23.6 Å². The molecule has 196 valence electrons. The van der Waals surface area contributed by atoms with Gasteiger partial charge in [-0.1, -0.05) is 29.3 Å². The summed E-state index contributed by atoms with van der Waals surface area (Å²) in [4.78, 5) is 23.0. The van der Waals surface area contributed by atoms with Crippen molar-refractivity contribution in [3.05, 3.63) is 81.8 Å². The zero-order valence-corrected chi connectivity index (χ0v) is 21.8. The van der Waals surface area contributed by atoms with E-state index in [0.29, 0.717) is 47.1 Å². The highest BCUT2D eigenvalue weighted by Crippen LogP contribution is 2.29. The summed E-state index contributed by atoms with van der Waals surface area (Å²) in [5.74, 6) is 1.56. The second kappa shape index (κ2) is 10.4. The van der Waals surface area contributed by atoms with E-state index >= 15 is 0 Å². The van der Waals surface area contributed by atoms with Crippen molar-refractivity contribution in [2.45, 2.75) is 32.2 Å². The molecule has 0 radical (unpaired) electrons. The van der Waals surface area contributed by atoms with E-state index in [2.05, 4.69) is 20.5 Å². The summed E-state index contributed by atoms with van der Waals surface area (Å²) in [6, 6.07) is 10.1. The molecule has 0 saturated carbocycles. The number of oxazole rings is 1. The molecule has 1 saturated heterocycles. The smallest absolute Gasteiger partial charge is 0.335 e. The number of nitrogens with zero attached hydrogens (tertiary/aromatic N) is 4. The van der Waals surface area contributed by atoms with Crippen molar-refractivity contribution in [3.8, 4) is 5.75 Å². The first-order valence-corrected chi connectivity index (χ1v) is 13.0. The number of carboxylic acids is 1. The van der Waals surface area contributed by atoms with Crippen molar-refractivity contribution in [2.75, 3.05) is 19.7 Å². The fourth-order valence-electron chi connectivity index (χ4n) is 4.63. The molecule has 0 aliphatic carbocycles. The van der Waals surface area contributed by atoms with Gasteiger partial charge in [-0.05, 0) is 42.8 Å². The summed E-state index contributed by atoms with van der Waals surface area (Å²) in [5.41, 5.74) is 2.86. The van der Waals surface area contributed by atoms with Crippen molar-refractivity contribution in [1.29, 1.82) is 0 Å². The van der Waals surface area contributed by atoms with Gasteiger partial charge >= 0.3 is 5.97 Å². The largest absolute Gasteiger partial charge is 0.482 e. The summed E-state index contributed by atoms with van der Waals surface area (Å²) in [5, 5.41) is 10.4. The molecule has 11 heteroatoms. The van der Waals surface area contributed by atoms with E-state index in [1.165, 1.54) is 0 Å². The number of imidazole rings is 1. The highest BCUT2D eigenvalue weighted by molar-refractivity contribution is 6.35. The van der Waals surface area contributed by atoms with E-state index in [1.807, 2.05) is 0 Å². The Bertz CT molecular complexity index is 1540. The topological polar surface area (TPSA) is 103 Å². The van der Waals surface area contributed by atoms with Crippen LogP contribution in [0.4, 0.5) is 0 Å². The third-order valence-corrected chi connectivity index (χ3v) is 7.25. The van der Waals surface area contributed by atoms with Gasteiger partial charge in [0.1, 0.15) is 11.6 Å². The highest BCUT2D eigenvalue weighted by atomic mass is 35.5. The summed E-state index contributed by atoms with van der Waals surface area (Å²) < 4.78 is 19.4. The van der Waals surface area contributed by atoms with Gasteiger partial charge in [0, 0.05) is 30.3 Å². The molecule has 0 bridgehead atoms. The van der Waals surface area contributed by atoms with Crippen LogP contribution in [0, 0.1) is 0 Å². The number of fused-ring (bicyclic) bond motifs is 1. The Kier molecular flexibility index (Phi) is 6.84. The lowest BCUT2D eigenvalue weighted by molar-refractivity contribution is -0.0591. The first kappa shape index (κ1) is 24.9. The van der Waals surface area contributed by atoms with Gasteiger partial charge in [-0.2, -0.15) is 0 Å². The fraction of sp³-hybridized carbons (Fsp3) is 0.296. The van der Waals surface area contributed by atoms with Crippen LogP contribution >= 0.6 is 23.2 Å². The van der Waals surface area contributed by atoms with Crippen LogP contribution < -0.4 is 4.74 Å². The second-order valence-corrected chi connectivity index (χ2v) is 10.2. The van der Waals surface area contributed by atoms with Crippen molar-refractivity contribution < 1.29 is 23.8 Å². The zero-order chi connectivity index (χ0) is 26.2. The van der Waals surface area contributed by atoms with E-state index in [0.717, 1.165) is 42.0 Å². The molecule has 0 amide bonds. The lowest BCUT2D eigenvalue weighted by Gasteiger charge is -2.28. The molecule has 4 aromatic rings. The van der Waals surface area contributed by atoms with Gasteiger partial charge in [0.25, 0.3) is 0 Å². The number of aromatic nitrogens is 3. The molecule has 6 rings (SSSR count). The standard InChI is InChI=1S/C27H24Cl2N4O5/c28-18-2-4-23(20(29)10-18)37-15-26-30-11-24(38-26)17-5-7-32(12-17)14-25-31-21-3-1-16(27(34)35)9-22(21)33(25)13-19-6-8-36-19/h1-5,9-11,19H,6-8,12-15H2,(H,34,35)/t19-/m0/s1. The minimum atomic E-state index is -0.956. The first-order valence-electron chi connectivity index (χ1n) is 12.2. The molecule has 2 aliphatic heterocycles. The van der Waals surface area contributed by atoms with Crippen molar-refractivity contribution in [3.63, 3.8) is 0 Å². The maximum absolute atomic E-state index is 11.5. The summed E-state index contributed by atoms with van der Waals surface area (Å²) in [6.07, 6.45) is 4.92. The molecule has 0 spiro atoms. The van der Waals surface area contributed by atoms with Crippen LogP contribution in [-0.4, -0.2) is 56.3 Å². The summed E-state index contributed by atoms with van der Waals surface area (Å²) in [6.45, 7) is 3.54. The van der Waals surface area contributed by atoms with E-state index in [9.17, 15) is 9.90 Å². The van der Waals surface area contributed by atoms with Crippen LogP contribution in [0.15, 0.2) is 53.1 Å². The Morgan fingerprint density at radius 1 is 1.21 bits per heavy atom. The molecule has 4 heterocycles. The van der Waals surface area contributed by atoms with Crippen molar-refractivity contribution in [1.82, 2.24) is 19.4 Å². The van der Waals surface area contributed by atoms with Crippen LogP contribution in [0.25, 0.3) is 16.6 Å². The molecule has 2 aromatic carbocycles. The van der Waals surface area contributed by atoms with Crippen LogP contribution in [0.2, 0.25) is 10.0 Å². The molecule has 38 heavy (non-hydrogen) atoms. The minimum absolute atomic E-state index is 0.115. The van der Waals surface area contributed by atoms with Crippen LogP contribution in [0.1, 0.15) is 34.3 Å². The molecule has 1 N–H and O–H groups in total. The average Bonchev–Trinajstić information content (AvgIpc) is 3.59. The highest BCUT2D eigenvalue weighted by Gasteiger charge is 2.25. The first-order chi connectivity index (χ1) is 18.4. The van der Waals surface area contributed by atoms with Crippen LogP contribution in [0.3, 0.4) is 0 Å². The monoisotopic (exact) mass is 554 g/mol.